The summed E-state index contributed by atoms with van der Waals surface area (Å²) >= 11 is 6.19. The van der Waals surface area contributed by atoms with Crippen LogP contribution in [0.2, 0.25) is 5.02 Å². The van der Waals surface area contributed by atoms with Crippen LogP contribution in [0.25, 0.3) is 0 Å². The maximum atomic E-state index is 12.9. The highest BCUT2D eigenvalue weighted by atomic mass is 35.5. The SMILES string of the molecule is O=C(NC1CC1)c1cc(NC(=O)N2CCC[C@@H]2C[C@H](O)c2ccccc2)ccc1Cl. The van der Waals surface area contributed by atoms with E-state index in [9.17, 15) is 14.7 Å². The van der Waals surface area contributed by atoms with E-state index in [0.717, 1.165) is 31.2 Å². The summed E-state index contributed by atoms with van der Waals surface area (Å²) in [6.07, 6.45) is 3.61. The van der Waals surface area contributed by atoms with Crippen LogP contribution < -0.4 is 10.6 Å². The van der Waals surface area contributed by atoms with Gasteiger partial charge in [0.1, 0.15) is 0 Å². The Kier molecular flexibility index (Phi) is 6.25. The standard InChI is InChI=1S/C23H26ClN3O3/c24-20-11-10-17(13-19(20)22(29)25-16-8-9-16)26-23(30)27-12-4-7-18(27)14-21(28)15-5-2-1-3-6-15/h1-3,5-6,10-11,13,16,18,21,28H,4,7-9,12,14H2,(H,25,29)(H,26,30)/t18-,21+/m1/s1. The van der Waals surface area contributed by atoms with Gasteiger partial charge in [-0.25, -0.2) is 4.79 Å². The number of rotatable bonds is 6. The molecule has 1 aliphatic heterocycles. The third-order valence-corrected chi connectivity index (χ3v) is 6.02. The Balaban J connectivity index is 1.40. The van der Waals surface area contributed by atoms with Gasteiger partial charge in [0.05, 0.1) is 16.7 Å². The molecule has 1 aliphatic carbocycles. The van der Waals surface area contributed by atoms with E-state index in [1.807, 2.05) is 30.3 Å². The molecule has 1 saturated carbocycles. The molecule has 0 unspecified atom stereocenters. The Labute approximate surface area is 181 Å². The lowest BCUT2D eigenvalue weighted by molar-refractivity contribution is 0.0951. The lowest BCUT2D eigenvalue weighted by Gasteiger charge is -2.27. The molecule has 30 heavy (non-hydrogen) atoms. The molecule has 3 amide bonds. The molecular weight excluding hydrogens is 402 g/mol. The second-order valence-electron chi connectivity index (χ2n) is 8.02. The summed E-state index contributed by atoms with van der Waals surface area (Å²) < 4.78 is 0. The van der Waals surface area contributed by atoms with E-state index in [-0.39, 0.29) is 24.0 Å². The van der Waals surface area contributed by atoms with Gasteiger partial charge < -0.3 is 20.6 Å². The molecule has 6 nitrogen and oxygen atoms in total. The highest BCUT2D eigenvalue weighted by Crippen LogP contribution is 2.29. The summed E-state index contributed by atoms with van der Waals surface area (Å²) in [4.78, 5) is 27.0. The van der Waals surface area contributed by atoms with Gasteiger partial charge in [-0.05, 0) is 55.9 Å². The Morgan fingerprint density at radius 1 is 1.13 bits per heavy atom. The summed E-state index contributed by atoms with van der Waals surface area (Å²) in [5.41, 5.74) is 1.74. The van der Waals surface area contributed by atoms with Gasteiger partial charge in [-0.1, -0.05) is 41.9 Å². The first-order valence-corrected chi connectivity index (χ1v) is 10.8. The molecule has 2 fully saturated rings. The predicted molar refractivity (Wildman–Crippen MR) is 117 cm³/mol. The van der Waals surface area contributed by atoms with Crippen LogP contribution in [0.15, 0.2) is 48.5 Å². The summed E-state index contributed by atoms with van der Waals surface area (Å²) in [5, 5.41) is 16.7. The molecule has 2 aromatic carbocycles. The Hall–Kier alpha value is -2.57. The van der Waals surface area contributed by atoms with E-state index in [4.69, 9.17) is 11.6 Å². The Morgan fingerprint density at radius 3 is 2.63 bits per heavy atom. The summed E-state index contributed by atoms with van der Waals surface area (Å²) in [5.74, 6) is -0.219. The molecule has 1 saturated heterocycles. The zero-order valence-corrected chi connectivity index (χ0v) is 17.4. The molecule has 3 N–H and O–H groups in total. The van der Waals surface area contributed by atoms with Crippen molar-refractivity contribution < 1.29 is 14.7 Å². The molecule has 2 aliphatic rings. The van der Waals surface area contributed by atoms with Crippen molar-refractivity contribution in [3.63, 3.8) is 0 Å². The lowest BCUT2D eigenvalue weighted by Crippen LogP contribution is -2.39. The fourth-order valence-corrected chi connectivity index (χ4v) is 4.08. The van der Waals surface area contributed by atoms with E-state index in [2.05, 4.69) is 10.6 Å². The zero-order valence-electron chi connectivity index (χ0n) is 16.7. The first-order chi connectivity index (χ1) is 14.5. The Morgan fingerprint density at radius 2 is 1.90 bits per heavy atom. The third-order valence-electron chi connectivity index (χ3n) is 5.69. The number of nitrogens with one attached hydrogen (secondary N) is 2. The van der Waals surface area contributed by atoms with Gasteiger partial charge in [0.15, 0.2) is 0 Å². The maximum absolute atomic E-state index is 12.9. The molecule has 7 heteroatoms. The quantitative estimate of drug-likeness (QED) is 0.640. The fraction of sp³-hybridized carbons (Fsp3) is 0.391. The molecule has 1 heterocycles. The van der Waals surface area contributed by atoms with E-state index in [1.54, 1.807) is 23.1 Å². The number of hydrogen-bond donors (Lipinski definition) is 3. The van der Waals surface area contributed by atoms with Crippen molar-refractivity contribution in [3.8, 4) is 0 Å². The number of nitrogens with zero attached hydrogens (tertiary/aromatic N) is 1. The molecule has 0 spiro atoms. The second kappa shape index (κ2) is 9.06. The van der Waals surface area contributed by atoms with Crippen LogP contribution in [0.3, 0.4) is 0 Å². The van der Waals surface area contributed by atoms with Gasteiger partial charge in [0, 0.05) is 24.3 Å². The molecule has 0 radical (unpaired) electrons. The predicted octanol–water partition coefficient (Wildman–Crippen LogP) is 4.35. The number of urea groups is 1. The van der Waals surface area contributed by atoms with Crippen molar-refractivity contribution in [2.45, 2.75) is 50.3 Å². The van der Waals surface area contributed by atoms with E-state index < -0.39 is 6.10 Å². The normalized spacial score (nSPS) is 19.4. The van der Waals surface area contributed by atoms with E-state index in [1.165, 1.54) is 0 Å². The highest BCUT2D eigenvalue weighted by Gasteiger charge is 2.31. The van der Waals surface area contributed by atoms with Crippen LogP contribution in [-0.2, 0) is 0 Å². The first kappa shape index (κ1) is 20.7. The topological polar surface area (TPSA) is 81.7 Å². The summed E-state index contributed by atoms with van der Waals surface area (Å²) in [7, 11) is 0. The smallest absolute Gasteiger partial charge is 0.322 e. The fourth-order valence-electron chi connectivity index (χ4n) is 3.88. The minimum absolute atomic E-state index is 0.0369. The third kappa shape index (κ3) is 4.94. The van der Waals surface area contributed by atoms with Crippen LogP contribution in [0, 0.1) is 0 Å². The minimum Gasteiger partial charge on any atom is -0.388 e. The number of anilines is 1. The van der Waals surface area contributed by atoms with Crippen molar-refractivity contribution in [2.75, 3.05) is 11.9 Å². The zero-order chi connectivity index (χ0) is 21.1. The van der Waals surface area contributed by atoms with E-state index in [0.29, 0.717) is 29.2 Å². The van der Waals surface area contributed by atoms with Gasteiger partial charge in [0.25, 0.3) is 5.91 Å². The van der Waals surface area contributed by atoms with Crippen molar-refractivity contribution in [3.05, 3.63) is 64.7 Å². The maximum Gasteiger partial charge on any atom is 0.322 e. The molecule has 158 valence electrons. The minimum atomic E-state index is -0.613. The first-order valence-electron chi connectivity index (χ1n) is 10.4. The van der Waals surface area contributed by atoms with Gasteiger partial charge >= 0.3 is 6.03 Å². The number of likely N-dealkylation sites (tertiary alicyclic amines) is 1. The van der Waals surface area contributed by atoms with Crippen molar-refractivity contribution in [1.29, 1.82) is 0 Å². The molecular formula is C23H26ClN3O3. The van der Waals surface area contributed by atoms with Gasteiger partial charge in [-0.2, -0.15) is 0 Å². The molecule has 2 aromatic rings. The number of aliphatic hydroxyl groups excluding tert-OH is 1. The Bertz CT molecular complexity index is 917. The van der Waals surface area contributed by atoms with Crippen LogP contribution >= 0.6 is 11.6 Å². The molecule has 4 rings (SSSR count). The largest absolute Gasteiger partial charge is 0.388 e. The average molecular weight is 428 g/mol. The van der Waals surface area contributed by atoms with Crippen molar-refractivity contribution in [2.24, 2.45) is 0 Å². The number of carbonyl (C=O) groups excluding carboxylic acids is 2. The molecule has 0 aromatic heterocycles. The monoisotopic (exact) mass is 427 g/mol. The number of hydrogen-bond acceptors (Lipinski definition) is 3. The van der Waals surface area contributed by atoms with Gasteiger partial charge in [-0.3, -0.25) is 4.79 Å². The lowest BCUT2D eigenvalue weighted by atomic mass is 10.0. The van der Waals surface area contributed by atoms with E-state index >= 15 is 0 Å². The van der Waals surface area contributed by atoms with Gasteiger partial charge in [-0.15, -0.1) is 0 Å². The summed E-state index contributed by atoms with van der Waals surface area (Å²) in [6, 6.07) is 14.4. The number of aliphatic hydroxyl groups is 1. The molecule has 0 bridgehead atoms. The van der Waals surface area contributed by atoms with Crippen LogP contribution in [0.5, 0.6) is 0 Å². The number of carbonyl (C=O) groups is 2. The molecule has 2 atom stereocenters. The second-order valence-corrected chi connectivity index (χ2v) is 8.43. The number of halogens is 1. The van der Waals surface area contributed by atoms with Crippen LogP contribution in [-0.4, -0.2) is 40.6 Å². The number of amides is 3. The summed E-state index contributed by atoms with van der Waals surface area (Å²) in [6.45, 7) is 0.640. The average Bonchev–Trinajstić information content (AvgIpc) is 3.44. The highest BCUT2D eigenvalue weighted by molar-refractivity contribution is 6.34. The van der Waals surface area contributed by atoms with Crippen molar-refractivity contribution in [1.82, 2.24) is 10.2 Å². The van der Waals surface area contributed by atoms with Crippen molar-refractivity contribution >= 4 is 29.2 Å². The van der Waals surface area contributed by atoms with Gasteiger partial charge in [0.2, 0.25) is 0 Å². The number of benzene rings is 2. The van der Waals surface area contributed by atoms with Crippen LogP contribution in [0.4, 0.5) is 10.5 Å². The van der Waals surface area contributed by atoms with Crippen LogP contribution in [0.1, 0.15) is 54.1 Å².